The molecule has 0 amide bonds. The highest BCUT2D eigenvalue weighted by Gasteiger charge is 2.21. The van der Waals surface area contributed by atoms with Crippen molar-refractivity contribution in [1.82, 2.24) is 10.9 Å². The van der Waals surface area contributed by atoms with Gasteiger partial charge in [-0.1, -0.05) is 93.8 Å². The summed E-state index contributed by atoms with van der Waals surface area (Å²) in [5.41, 5.74) is 13.2. The normalized spacial score (nSPS) is 17.5. The Kier molecular flexibility index (Phi) is 17.8. The third-order valence-electron chi connectivity index (χ3n) is 6.67. The summed E-state index contributed by atoms with van der Waals surface area (Å²) >= 11 is 0. The Bertz CT molecular complexity index is 1080. The van der Waals surface area contributed by atoms with Crippen molar-refractivity contribution in [3.8, 4) is 12.8 Å². The molecule has 2 aliphatic rings. The van der Waals surface area contributed by atoms with Crippen LogP contribution in [0.1, 0.15) is 112 Å². The largest absolute Gasteiger partial charge is 0.389 e. The van der Waals surface area contributed by atoms with E-state index < -0.39 is 5.79 Å². The van der Waals surface area contributed by atoms with Crippen LogP contribution >= 0.6 is 0 Å². The van der Waals surface area contributed by atoms with Gasteiger partial charge in [0.1, 0.15) is 6.17 Å². The zero-order chi connectivity index (χ0) is 31.6. The molecule has 0 fully saturated rings. The lowest BCUT2D eigenvalue weighted by Crippen LogP contribution is -2.26. The molecule has 0 aromatic heterocycles. The smallest absolute Gasteiger partial charge is 0.159 e. The van der Waals surface area contributed by atoms with Gasteiger partial charge in [0, 0.05) is 17.4 Å². The van der Waals surface area contributed by atoms with Gasteiger partial charge in [-0.25, -0.2) is 10.4 Å². The minimum atomic E-state index is -1.55. The minimum Gasteiger partial charge on any atom is -0.389 e. The first kappa shape index (κ1) is 38.0. The Hall–Kier alpha value is -2.95. The highest BCUT2D eigenvalue weighted by atomic mass is 16.5. The quantitative estimate of drug-likeness (QED) is 0.0932. The number of nitrogens with zero attached hydrogens (tertiary/aromatic N) is 1. The van der Waals surface area contributed by atoms with Crippen LogP contribution in [0.2, 0.25) is 0 Å². The van der Waals surface area contributed by atoms with Crippen LogP contribution in [-0.4, -0.2) is 33.5 Å². The van der Waals surface area contributed by atoms with Gasteiger partial charge in [0.25, 0.3) is 0 Å². The van der Waals surface area contributed by atoms with Crippen LogP contribution in [0.15, 0.2) is 70.3 Å². The molecule has 6 nitrogen and oxygen atoms in total. The SMILES string of the molecule is C#C.CC.CC(C)=C(C)C(C)O.CC1(C)C=C(CCCCCC(C)(O)O)C=CC(c2ccccc2C2N=CNN2)=C1. The van der Waals surface area contributed by atoms with Crippen molar-refractivity contribution in [2.75, 3.05) is 0 Å². The van der Waals surface area contributed by atoms with Gasteiger partial charge in [0.15, 0.2) is 5.79 Å². The van der Waals surface area contributed by atoms with E-state index in [0.717, 1.165) is 36.8 Å². The van der Waals surface area contributed by atoms with Crippen molar-refractivity contribution < 1.29 is 15.3 Å². The van der Waals surface area contributed by atoms with Crippen LogP contribution in [0.3, 0.4) is 0 Å². The van der Waals surface area contributed by atoms with Gasteiger partial charge >= 0.3 is 0 Å². The molecular formula is C35H55N3O3. The number of aliphatic imine (C=N–C) groups is 1. The lowest BCUT2D eigenvalue weighted by Gasteiger charge is -2.19. The van der Waals surface area contributed by atoms with Crippen LogP contribution < -0.4 is 10.9 Å². The number of terminal acetylenes is 1. The van der Waals surface area contributed by atoms with Crippen molar-refractivity contribution in [3.05, 3.63) is 76.4 Å². The Morgan fingerprint density at radius 1 is 1.02 bits per heavy atom. The van der Waals surface area contributed by atoms with E-state index in [9.17, 15) is 10.2 Å². The number of nitrogens with one attached hydrogen (secondary N) is 2. The molecule has 1 aliphatic carbocycles. The van der Waals surface area contributed by atoms with Crippen molar-refractivity contribution in [3.63, 3.8) is 0 Å². The van der Waals surface area contributed by atoms with Gasteiger partial charge in [-0.3, -0.25) is 0 Å². The van der Waals surface area contributed by atoms with E-state index in [2.05, 4.69) is 85.0 Å². The second-order valence-electron chi connectivity index (χ2n) is 11.2. The maximum Gasteiger partial charge on any atom is 0.159 e. The molecule has 41 heavy (non-hydrogen) atoms. The second-order valence-corrected chi connectivity index (χ2v) is 11.2. The third kappa shape index (κ3) is 15.0. The summed E-state index contributed by atoms with van der Waals surface area (Å²) in [7, 11) is 0. The predicted octanol–water partition coefficient (Wildman–Crippen LogP) is 7.38. The van der Waals surface area contributed by atoms with Gasteiger partial charge in [-0.2, -0.15) is 0 Å². The molecule has 0 saturated heterocycles. The van der Waals surface area contributed by atoms with Crippen LogP contribution in [0, 0.1) is 18.3 Å². The van der Waals surface area contributed by atoms with E-state index in [0.29, 0.717) is 6.42 Å². The number of allylic oxidation sites excluding steroid dienone is 7. The number of hydrogen-bond acceptors (Lipinski definition) is 6. The van der Waals surface area contributed by atoms with Gasteiger partial charge < -0.3 is 20.7 Å². The predicted molar refractivity (Wildman–Crippen MR) is 176 cm³/mol. The first-order chi connectivity index (χ1) is 19.3. The first-order valence-corrected chi connectivity index (χ1v) is 14.6. The minimum absolute atomic E-state index is 0.0549. The number of rotatable bonds is 9. The molecule has 2 unspecified atom stereocenters. The Morgan fingerprint density at radius 2 is 1.66 bits per heavy atom. The van der Waals surface area contributed by atoms with Crippen molar-refractivity contribution in [2.24, 2.45) is 10.4 Å². The summed E-state index contributed by atoms with van der Waals surface area (Å²) in [6.45, 7) is 17.6. The first-order valence-electron chi connectivity index (χ1n) is 14.6. The Morgan fingerprint density at radius 3 is 2.17 bits per heavy atom. The Labute approximate surface area is 250 Å². The summed E-state index contributed by atoms with van der Waals surface area (Å²) in [6, 6.07) is 8.40. The van der Waals surface area contributed by atoms with Gasteiger partial charge in [-0.05, 0) is 70.6 Å². The molecule has 0 radical (unpaired) electrons. The topological polar surface area (TPSA) is 97.1 Å². The summed E-state index contributed by atoms with van der Waals surface area (Å²) in [6.07, 6.45) is 22.7. The van der Waals surface area contributed by atoms with E-state index in [-0.39, 0.29) is 17.7 Å². The maximum atomic E-state index is 9.42. The number of hydrogen-bond donors (Lipinski definition) is 5. The van der Waals surface area contributed by atoms with Crippen LogP contribution in [-0.2, 0) is 0 Å². The number of aliphatic hydroxyl groups excluding tert-OH is 1. The van der Waals surface area contributed by atoms with Crippen LogP contribution in [0.4, 0.5) is 0 Å². The van der Waals surface area contributed by atoms with Crippen molar-refractivity contribution >= 4 is 11.9 Å². The van der Waals surface area contributed by atoms with E-state index in [4.69, 9.17) is 5.11 Å². The van der Waals surface area contributed by atoms with E-state index in [1.54, 1.807) is 13.3 Å². The molecule has 1 aliphatic heterocycles. The van der Waals surface area contributed by atoms with Crippen molar-refractivity contribution in [2.45, 2.75) is 112 Å². The summed E-state index contributed by atoms with van der Waals surface area (Å²) in [4.78, 5) is 4.46. The average molecular weight is 566 g/mol. The van der Waals surface area contributed by atoms with E-state index >= 15 is 0 Å². The highest BCUT2D eigenvalue weighted by molar-refractivity contribution is 5.78. The third-order valence-corrected chi connectivity index (χ3v) is 6.67. The molecule has 6 heteroatoms. The summed E-state index contributed by atoms with van der Waals surface area (Å²) in [5, 5.41) is 27.8. The lowest BCUT2D eigenvalue weighted by atomic mass is 9.87. The lowest BCUT2D eigenvalue weighted by molar-refractivity contribution is -0.150. The van der Waals surface area contributed by atoms with Crippen LogP contribution in [0.25, 0.3) is 5.57 Å². The van der Waals surface area contributed by atoms with Gasteiger partial charge in [0.2, 0.25) is 0 Å². The summed E-state index contributed by atoms with van der Waals surface area (Å²) in [5.74, 6) is -1.55. The zero-order valence-corrected chi connectivity index (χ0v) is 26.8. The molecule has 1 heterocycles. The second kappa shape index (κ2) is 19.2. The molecule has 0 saturated carbocycles. The molecule has 228 valence electrons. The number of unbranched alkanes of at least 4 members (excludes halogenated alkanes) is 2. The monoisotopic (exact) mass is 565 g/mol. The summed E-state index contributed by atoms with van der Waals surface area (Å²) < 4.78 is 0. The average Bonchev–Trinajstić information content (AvgIpc) is 3.41. The fourth-order valence-corrected chi connectivity index (χ4v) is 4.34. The highest BCUT2D eigenvalue weighted by Crippen LogP contribution is 2.35. The maximum absolute atomic E-state index is 9.42. The number of benzene rings is 1. The molecule has 0 spiro atoms. The fourth-order valence-electron chi connectivity index (χ4n) is 4.34. The van der Waals surface area contributed by atoms with E-state index in [1.165, 1.54) is 29.2 Å². The molecule has 5 N–H and O–H groups in total. The molecule has 1 aromatic carbocycles. The number of aliphatic hydroxyl groups is 3. The molecule has 2 atom stereocenters. The molecule has 0 bridgehead atoms. The Balaban J connectivity index is 0.00000114. The zero-order valence-electron chi connectivity index (χ0n) is 26.8. The molecular weight excluding hydrogens is 510 g/mol. The van der Waals surface area contributed by atoms with Gasteiger partial charge in [-0.15, -0.1) is 12.8 Å². The van der Waals surface area contributed by atoms with Crippen LogP contribution in [0.5, 0.6) is 0 Å². The molecule has 1 aromatic rings. The fraction of sp³-hybridized carbons (Fsp3) is 0.514. The van der Waals surface area contributed by atoms with E-state index in [1.807, 2.05) is 40.7 Å². The number of hydrazine groups is 1. The van der Waals surface area contributed by atoms with Gasteiger partial charge in [0.05, 0.1) is 12.4 Å². The standard InChI is InChI=1S/C24H33N3O2.C7H14O.C2H6.C2H2/c1-23(2)15-18(9-5-4-8-14-24(3,28)29)12-13-19(16-23)20-10-6-7-11-21(20)22-25-17-26-27-22;1-5(2)6(3)7(4)8;2*1-2/h6-7,10-13,15-17,22,27-29H,4-5,8-9,14H2,1-3H3,(H,25,26);7-8H,1-4H3;1-2H3;1-2H. The van der Waals surface area contributed by atoms with Crippen molar-refractivity contribution in [1.29, 1.82) is 0 Å². The molecule has 3 rings (SSSR count).